The molecule has 3 heterocycles. The third kappa shape index (κ3) is 1.50. The van der Waals surface area contributed by atoms with E-state index < -0.39 is 22.9 Å². The average Bonchev–Trinajstić information content (AvgIpc) is 3.51. The number of carbonyl (C=O) groups is 1. The highest BCUT2D eigenvalue weighted by Gasteiger charge is 2.91. The SMILES string of the molecule is COC12CC3OC3(C(C)C)C(O)C13OC3CC1C3=C(CCC12C)C(=O)OC3. The Morgan fingerprint density at radius 2 is 2.04 bits per heavy atom. The number of cyclic esters (lactones) is 1. The highest BCUT2D eigenvalue weighted by molar-refractivity contribution is 5.92. The fraction of sp³-hybridized carbons (Fsp3) is 0.857. The molecule has 0 amide bonds. The molecular formula is C21H28O6. The fourth-order valence-corrected chi connectivity index (χ4v) is 7.70. The van der Waals surface area contributed by atoms with Gasteiger partial charge in [-0.15, -0.1) is 0 Å². The molecule has 3 aliphatic carbocycles. The van der Waals surface area contributed by atoms with Crippen LogP contribution in [0.4, 0.5) is 0 Å². The minimum atomic E-state index is -0.703. The van der Waals surface area contributed by atoms with Crippen LogP contribution in [0, 0.1) is 17.3 Å². The standard InChI is InChI=1S/C21H28O6/c1-10(2)20-15(26-20)8-19(24-4)18(3)6-5-11-12(9-25-16(11)22)13(18)7-14-21(19,27-14)17(20)23/h10,13-15,17,23H,5-9H2,1-4H3. The predicted octanol–water partition coefficient (Wildman–Crippen LogP) is 1.74. The van der Waals surface area contributed by atoms with Crippen LogP contribution >= 0.6 is 0 Å². The lowest BCUT2D eigenvalue weighted by molar-refractivity contribution is -0.227. The smallest absolute Gasteiger partial charge is 0.334 e. The van der Waals surface area contributed by atoms with E-state index in [-0.39, 0.29) is 35.4 Å². The van der Waals surface area contributed by atoms with Crippen molar-refractivity contribution in [1.29, 1.82) is 0 Å². The zero-order valence-electron chi connectivity index (χ0n) is 16.4. The lowest BCUT2D eigenvalue weighted by atomic mass is 9.44. The number of epoxide rings is 2. The topological polar surface area (TPSA) is 80.8 Å². The first-order valence-corrected chi connectivity index (χ1v) is 10.3. The van der Waals surface area contributed by atoms with Crippen LogP contribution in [-0.2, 0) is 23.7 Å². The van der Waals surface area contributed by atoms with Gasteiger partial charge >= 0.3 is 5.97 Å². The van der Waals surface area contributed by atoms with Gasteiger partial charge in [0.25, 0.3) is 0 Å². The van der Waals surface area contributed by atoms with Crippen molar-refractivity contribution >= 4 is 5.97 Å². The molecule has 6 rings (SSSR count). The van der Waals surface area contributed by atoms with Crippen molar-refractivity contribution in [3.05, 3.63) is 11.1 Å². The molecule has 6 heteroatoms. The van der Waals surface area contributed by atoms with E-state index in [0.717, 1.165) is 30.4 Å². The van der Waals surface area contributed by atoms with Crippen LogP contribution in [0.3, 0.4) is 0 Å². The Bertz CT molecular complexity index is 790. The van der Waals surface area contributed by atoms with Crippen molar-refractivity contribution in [2.75, 3.05) is 13.7 Å². The van der Waals surface area contributed by atoms with Gasteiger partial charge in [0.05, 0.1) is 12.2 Å². The normalized spacial score (nSPS) is 57.3. The molecule has 27 heavy (non-hydrogen) atoms. The summed E-state index contributed by atoms with van der Waals surface area (Å²) in [5, 5.41) is 11.5. The van der Waals surface area contributed by atoms with Gasteiger partial charge in [-0.3, -0.25) is 0 Å². The molecule has 8 unspecified atom stereocenters. The Balaban J connectivity index is 1.50. The van der Waals surface area contributed by atoms with Crippen molar-refractivity contribution < 1.29 is 28.8 Å². The van der Waals surface area contributed by atoms with E-state index in [0.29, 0.717) is 13.0 Å². The Labute approximate surface area is 159 Å². The van der Waals surface area contributed by atoms with Gasteiger partial charge in [0, 0.05) is 24.5 Å². The second-order valence-electron chi connectivity index (χ2n) is 9.94. The second kappa shape index (κ2) is 4.61. The third-order valence-electron chi connectivity index (χ3n) is 9.19. The summed E-state index contributed by atoms with van der Waals surface area (Å²) in [7, 11) is 1.76. The first kappa shape index (κ1) is 17.0. The van der Waals surface area contributed by atoms with Gasteiger partial charge in [-0.05, 0) is 36.7 Å². The summed E-state index contributed by atoms with van der Waals surface area (Å²) in [4.78, 5) is 12.1. The monoisotopic (exact) mass is 376 g/mol. The Morgan fingerprint density at radius 3 is 2.74 bits per heavy atom. The number of rotatable bonds is 2. The Morgan fingerprint density at radius 1 is 1.26 bits per heavy atom. The second-order valence-corrected chi connectivity index (χ2v) is 9.94. The lowest BCUT2D eigenvalue weighted by Crippen LogP contribution is -2.74. The molecule has 0 aromatic rings. The summed E-state index contributed by atoms with van der Waals surface area (Å²) in [6.07, 6.45) is 2.34. The number of ether oxygens (including phenoxy) is 4. The van der Waals surface area contributed by atoms with E-state index >= 15 is 0 Å². The number of carbonyl (C=O) groups excluding carboxylic acids is 1. The molecule has 2 saturated heterocycles. The van der Waals surface area contributed by atoms with E-state index in [4.69, 9.17) is 18.9 Å². The van der Waals surface area contributed by atoms with Crippen LogP contribution in [-0.4, -0.2) is 59.9 Å². The summed E-state index contributed by atoms with van der Waals surface area (Å²) in [6, 6.07) is 0. The van der Waals surface area contributed by atoms with Gasteiger partial charge in [-0.2, -0.15) is 0 Å². The maximum Gasteiger partial charge on any atom is 0.334 e. The van der Waals surface area contributed by atoms with Crippen molar-refractivity contribution in [2.24, 2.45) is 17.3 Å². The molecule has 0 aromatic carbocycles. The minimum absolute atomic E-state index is 0.00432. The predicted molar refractivity (Wildman–Crippen MR) is 93.8 cm³/mol. The molecule has 8 atom stereocenters. The van der Waals surface area contributed by atoms with E-state index in [1.165, 1.54) is 0 Å². The molecular weight excluding hydrogens is 348 g/mol. The quantitative estimate of drug-likeness (QED) is 0.584. The van der Waals surface area contributed by atoms with E-state index in [1.807, 2.05) is 0 Å². The van der Waals surface area contributed by atoms with Gasteiger partial charge in [-0.1, -0.05) is 20.8 Å². The van der Waals surface area contributed by atoms with E-state index in [9.17, 15) is 9.90 Å². The highest BCUT2D eigenvalue weighted by Crippen LogP contribution is 2.76. The lowest BCUT2D eigenvalue weighted by Gasteiger charge is -2.61. The molecule has 6 aliphatic rings. The largest absolute Gasteiger partial charge is 0.458 e. The molecule has 0 radical (unpaired) electrons. The van der Waals surface area contributed by atoms with Crippen LogP contribution in [0.15, 0.2) is 11.1 Å². The summed E-state index contributed by atoms with van der Waals surface area (Å²) in [6.45, 7) is 6.89. The number of aliphatic hydroxyl groups is 1. The minimum Gasteiger partial charge on any atom is -0.458 e. The van der Waals surface area contributed by atoms with Gasteiger partial charge in [-0.25, -0.2) is 4.79 Å². The Hall–Kier alpha value is -0.950. The number of esters is 1. The van der Waals surface area contributed by atoms with Gasteiger partial charge in [0.1, 0.15) is 23.9 Å². The molecule has 0 aromatic heterocycles. The van der Waals surface area contributed by atoms with Crippen molar-refractivity contribution in [2.45, 2.75) is 81.6 Å². The number of aliphatic hydroxyl groups excluding tert-OH is 1. The number of methoxy groups -OCH3 is 1. The maximum absolute atomic E-state index is 12.1. The Kier molecular flexibility index (Phi) is 2.90. The van der Waals surface area contributed by atoms with Crippen molar-refractivity contribution in [3.63, 3.8) is 0 Å². The average molecular weight is 376 g/mol. The number of hydrogen-bond acceptors (Lipinski definition) is 6. The first-order chi connectivity index (χ1) is 12.8. The number of fused-ring (bicyclic) bond motifs is 4. The summed E-state index contributed by atoms with van der Waals surface area (Å²) in [5.74, 6) is 0.254. The van der Waals surface area contributed by atoms with Gasteiger partial charge < -0.3 is 24.1 Å². The van der Waals surface area contributed by atoms with Crippen LogP contribution in [0.1, 0.15) is 46.5 Å². The summed E-state index contributed by atoms with van der Waals surface area (Å²) >= 11 is 0. The molecule has 2 saturated carbocycles. The van der Waals surface area contributed by atoms with Crippen LogP contribution in [0.5, 0.6) is 0 Å². The fourth-order valence-electron chi connectivity index (χ4n) is 7.70. The summed E-state index contributed by atoms with van der Waals surface area (Å²) in [5.41, 5.74) is -0.0420. The molecule has 4 fully saturated rings. The molecule has 1 N–H and O–H groups in total. The van der Waals surface area contributed by atoms with Gasteiger partial charge in [0.15, 0.2) is 5.60 Å². The maximum atomic E-state index is 12.1. The molecule has 0 bridgehead atoms. The van der Waals surface area contributed by atoms with Crippen molar-refractivity contribution in [1.82, 2.24) is 0 Å². The van der Waals surface area contributed by atoms with Gasteiger partial charge in [0.2, 0.25) is 0 Å². The highest BCUT2D eigenvalue weighted by atomic mass is 16.7. The summed E-state index contributed by atoms with van der Waals surface area (Å²) < 4.78 is 24.3. The van der Waals surface area contributed by atoms with Crippen molar-refractivity contribution in [3.8, 4) is 0 Å². The molecule has 3 aliphatic heterocycles. The first-order valence-electron chi connectivity index (χ1n) is 10.3. The zero-order valence-corrected chi connectivity index (χ0v) is 16.4. The van der Waals surface area contributed by atoms with Crippen LogP contribution in [0.2, 0.25) is 0 Å². The molecule has 1 spiro atoms. The zero-order chi connectivity index (χ0) is 19.0. The van der Waals surface area contributed by atoms with Crippen LogP contribution in [0.25, 0.3) is 0 Å². The third-order valence-corrected chi connectivity index (χ3v) is 9.19. The van der Waals surface area contributed by atoms with Crippen LogP contribution < -0.4 is 0 Å². The number of hydrogen-bond donors (Lipinski definition) is 1. The van der Waals surface area contributed by atoms with E-state index in [2.05, 4.69) is 20.8 Å². The van der Waals surface area contributed by atoms with E-state index in [1.54, 1.807) is 7.11 Å². The molecule has 148 valence electrons. The molecule has 6 nitrogen and oxygen atoms in total.